The number of fused-ring (bicyclic) bond motifs is 1. The summed E-state index contributed by atoms with van der Waals surface area (Å²) in [6.45, 7) is 6.22. The Hall–Kier alpha value is -1.88. The van der Waals surface area contributed by atoms with Crippen molar-refractivity contribution in [1.29, 1.82) is 0 Å². The quantitative estimate of drug-likeness (QED) is 0.739. The van der Waals surface area contributed by atoms with Crippen molar-refractivity contribution >= 4 is 0 Å². The van der Waals surface area contributed by atoms with Crippen molar-refractivity contribution < 1.29 is 19.7 Å². The minimum Gasteiger partial charge on any atom is -0.491 e. The monoisotopic (exact) mass is 410 g/mol. The van der Waals surface area contributed by atoms with Gasteiger partial charge >= 0.3 is 0 Å². The highest BCUT2D eigenvalue weighted by molar-refractivity contribution is 5.50. The Kier molecular flexibility index (Phi) is 6.47. The highest BCUT2D eigenvalue weighted by Gasteiger charge is 2.31. The first-order chi connectivity index (χ1) is 14.4. The van der Waals surface area contributed by atoms with Crippen LogP contribution in [0.4, 0.5) is 0 Å². The Balaban J connectivity index is 1.63. The number of hydrogen-bond acceptors (Lipinski definition) is 4. The fraction of sp³-hybridized carbons (Fsp3) is 0.538. The van der Waals surface area contributed by atoms with Crippen molar-refractivity contribution in [3.05, 3.63) is 63.7 Å². The zero-order valence-electron chi connectivity index (χ0n) is 18.4. The van der Waals surface area contributed by atoms with Gasteiger partial charge in [0.05, 0.1) is 31.0 Å². The molecule has 1 saturated heterocycles. The van der Waals surface area contributed by atoms with Gasteiger partial charge in [-0.15, -0.1) is 0 Å². The van der Waals surface area contributed by atoms with E-state index in [1.165, 1.54) is 39.8 Å². The second kappa shape index (κ2) is 9.09. The molecule has 3 unspecified atom stereocenters. The van der Waals surface area contributed by atoms with E-state index in [1.807, 2.05) is 13.8 Å². The lowest BCUT2D eigenvalue weighted by atomic mass is 9.86. The van der Waals surface area contributed by atoms with Gasteiger partial charge in [-0.2, -0.15) is 0 Å². The molecule has 1 fully saturated rings. The molecule has 4 heteroatoms. The number of hydrogen-bond donors (Lipinski definition) is 2. The molecule has 2 aromatic carbocycles. The topological polar surface area (TPSA) is 58.9 Å². The lowest BCUT2D eigenvalue weighted by Crippen LogP contribution is -2.34. The molecular formula is C26H34O4. The maximum absolute atomic E-state index is 10.3. The van der Waals surface area contributed by atoms with Crippen molar-refractivity contribution in [3.63, 3.8) is 0 Å². The average molecular weight is 411 g/mol. The highest BCUT2D eigenvalue weighted by atomic mass is 16.5. The van der Waals surface area contributed by atoms with Gasteiger partial charge < -0.3 is 19.7 Å². The van der Waals surface area contributed by atoms with E-state index in [0.29, 0.717) is 12.8 Å². The molecular weight excluding hydrogens is 376 g/mol. The Bertz CT molecular complexity index is 872. The summed E-state index contributed by atoms with van der Waals surface area (Å²) in [6.07, 6.45) is 4.73. The molecule has 0 saturated carbocycles. The molecule has 4 nitrogen and oxygen atoms in total. The zero-order valence-corrected chi connectivity index (χ0v) is 18.4. The van der Waals surface area contributed by atoms with E-state index in [9.17, 15) is 10.2 Å². The van der Waals surface area contributed by atoms with Gasteiger partial charge in [0.2, 0.25) is 0 Å². The van der Waals surface area contributed by atoms with E-state index in [0.717, 1.165) is 25.0 Å². The van der Waals surface area contributed by atoms with Gasteiger partial charge in [0, 0.05) is 12.8 Å². The molecule has 30 heavy (non-hydrogen) atoms. The fourth-order valence-corrected chi connectivity index (χ4v) is 5.05. The van der Waals surface area contributed by atoms with E-state index >= 15 is 0 Å². The first-order valence-corrected chi connectivity index (χ1v) is 11.3. The summed E-state index contributed by atoms with van der Waals surface area (Å²) in [7, 11) is 0. The van der Waals surface area contributed by atoms with Crippen LogP contribution in [0, 0.1) is 6.92 Å². The highest BCUT2D eigenvalue weighted by Crippen LogP contribution is 2.39. The lowest BCUT2D eigenvalue weighted by molar-refractivity contribution is -0.114. The van der Waals surface area contributed by atoms with Gasteiger partial charge in [-0.3, -0.25) is 0 Å². The standard InChI is InChI=1S/C26H34O4/c1-16(2)29-21-9-7-18(8-10-21)11-19-12-25(17(3)23-5-4-6-24(19)23)26-14-20(28)13-22(15-27)30-26/h7-10,12,16,20,22,26-28H,4-6,11,13-15H2,1-3H3. The molecule has 0 amide bonds. The van der Waals surface area contributed by atoms with Crippen molar-refractivity contribution in [2.24, 2.45) is 0 Å². The van der Waals surface area contributed by atoms with E-state index in [2.05, 4.69) is 37.3 Å². The van der Waals surface area contributed by atoms with Crippen LogP contribution >= 0.6 is 0 Å². The van der Waals surface area contributed by atoms with Crippen LogP contribution in [-0.2, 0) is 24.0 Å². The van der Waals surface area contributed by atoms with Crippen LogP contribution in [0.5, 0.6) is 5.75 Å². The number of aliphatic hydroxyl groups is 2. The van der Waals surface area contributed by atoms with E-state index < -0.39 is 6.10 Å². The van der Waals surface area contributed by atoms with Gasteiger partial charge in [0.15, 0.2) is 0 Å². The normalized spacial score (nSPS) is 23.6. The molecule has 3 atom stereocenters. The first kappa shape index (κ1) is 21.4. The van der Waals surface area contributed by atoms with Gasteiger partial charge in [-0.25, -0.2) is 0 Å². The van der Waals surface area contributed by atoms with Crippen LogP contribution in [0.2, 0.25) is 0 Å². The summed E-state index contributed by atoms with van der Waals surface area (Å²) in [5.41, 5.74) is 8.09. The molecule has 2 aromatic rings. The summed E-state index contributed by atoms with van der Waals surface area (Å²) in [5.74, 6) is 0.906. The molecule has 1 heterocycles. The third-order valence-corrected chi connectivity index (χ3v) is 6.44. The Morgan fingerprint density at radius 3 is 2.53 bits per heavy atom. The number of rotatable bonds is 6. The molecule has 2 N–H and O–H groups in total. The van der Waals surface area contributed by atoms with E-state index in [1.54, 1.807) is 0 Å². The van der Waals surface area contributed by atoms with Crippen molar-refractivity contribution in [2.45, 2.75) is 83.7 Å². The largest absolute Gasteiger partial charge is 0.491 e. The van der Waals surface area contributed by atoms with Crippen LogP contribution in [0.3, 0.4) is 0 Å². The van der Waals surface area contributed by atoms with Crippen LogP contribution in [0.25, 0.3) is 0 Å². The molecule has 0 radical (unpaired) electrons. The van der Waals surface area contributed by atoms with Crippen molar-refractivity contribution in [2.75, 3.05) is 6.61 Å². The predicted molar refractivity (Wildman–Crippen MR) is 118 cm³/mol. The molecule has 0 bridgehead atoms. The third-order valence-electron chi connectivity index (χ3n) is 6.44. The fourth-order valence-electron chi connectivity index (χ4n) is 5.05. The Morgan fingerprint density at radius 1 is 1.10 bits per heavy atom. The molecule has 0 aromatic heterocycles. The smallest absolute Gasteiger partial charge is 0.119 e. The van der Waals surface area contributed by atoms with E-state index in [-0.39, 0.29) is 24.9 Å². The summed E-state index contributed by atoms with van der Waals surface area (Å²) in [5, 5.41) is 19.9. The van der Waals surface area contributed by atoms with Crippen LogP contribution in [0.1, 0.15) is 72.6 Å². The first-order valence-electron chi connectivity index (χ1n) is 11.3. The molecule has 0 spiro atoms. The maximum atomic E-state index is 10.3. The van der Waals surface area contributed by atoms with Crippen LogP contribution < -0.4 is 4.74 Å². The van der Waals surface area contributed by atoms with Crippen molar-refractivity contribution in [3.8, 4) is 5.75 Å². The minimum absolute atomic E-state index is 0.0464. The van der Waals surface area contributed by atoms with E-state index in [4.69, 9.17) is 9.47 Å². The molecule has 2 aliphatic rings. The molecule has 4 rings (SSSR count). The number of ether oxygens (including phenoxy) is 2. The maximum Gasteiger partial charge on any atom is 0.119 e. The average Bonchev–Trinajstić information content (AvgIpc) is 3.21. The molecule has 162 valence electrons. The Morgan fingerprint density at radius 2 is 1.83 bits per heavy atom. The molecule has 1 aliphatic carbocycles. The third kappa shape index (κ3) is 4.56. The Labute approximate surface area is 179 Å². The summed E-state index contributed by atoms with van der Waals surface area (Å²) < 4.78 is 11.9. The van der Waals surface area contributed by atoms with Gasteiger partial charge in [0.25, 0.3) is 0 Å². The van der Waals surface area contributed by atoms with Gasteiger partial charge in [-0.1, -0.05) is 18.2 Å². The van der Waals surface area contributed by atoms with Crippen LogP contribution in [0.15, 0.2) is 30.3 Å². The second-order valence-electron chi connectivity index (χ2n) is 9.10. The van der Waals surface area contributed by atoms with Gasteiger partial charge in [0.1, 0.15) is 5.75 Å². The number of benzene rings is 2. The SMILES string of the molecule is Cc1c(C2CC(O)CC(CO)O2)cc(Cc2ccc(OC(C)C)cc2)c2c1CCC2. The van der Waals surface area contributed by atoms with Crippen molar-refractivity contribution in [1.82, 2.24) is 0 Å². The predicted octanol–water partition coefficient (Wildman–Crippen LogP) is 4.44. The minimum atomic E-state index is -0.425. The lowest BCUT2D eigenvalue weighted by Gasteiger charge is -2.34. The van der Waals surface area contributed by atoms with Gasteiger partial charge in [-0.05, 0) is 92.0 Å². The summed E-state index contributed by atoms with van der Waals surface area (Å²) in [4.78, 5) is 0. The van der Waals surface area contributed by atoms with Crippen LogP contribution in [-0.4, -0.2) is 35.1 Å². The second-order valence-corrected chi connectivity index (χ2v) is 9.10. The summed E-state index contributed by atoms with van der Waals surface area (Å²) in [6, 6.07) is 10.7. The molecule has 1 aliphatic heterocycles. The zero-order chi connectivity index (χ0) is 21.3. The summed E-state index contributed by atoms with van der Waals surface area (Å²) >= 11 is 0. The number of aliphatic hydroxyl groups excluding tert-OH is 2.